The molecule has 0 radical (unpaired) electrons. The number of hydrogen-bond donors (Lipinski definition) is 2. The quantitative estimate of drug-likeness (QED) is 0.872. The second kappa shape index (κ2) is 5.65. The first kappa shape index (κ1) is 12.6. The molecule has 0 aliphatic rings. The second-order valence-corrected chi connectivity index (χ2v) is 3.90. The number of carboxylic acid groups (broad SMARTS) is 1. The largest absolute Gasteiger partial charge is 0.477 e. The first-order valence-electron chi connectivity index (χ1n) is 5.61. The molecule has 94 valence electrons. The molecule has 0 saturated heterocycles. The van der Waals surface area contributed by atoms with Crippen molar-refractivity contribution in [1.29, 1.82) is 5.26 Å². The molecule has 0 fully saturated rings. The van der Waals surface area contributed by atoms with E-state index in [-0.39, 0.29) is 5.69 Å². The van der Waals surface area contributed by atoms with E-state index in [0.29, 0.717) is 17.8 Å². The summed E-state index contributed by atoms with van der Waals surface area (Å²) in [4.78, 5) is 14.5. The summed E-state index contributed by atoms with van der Waals surface area (Å²) in [5.41, 5.74) is 2.31. The van der Waals surface area contributed by atoms with Crippen molar-refractivity contribution in [3.63, 3.8) is 0 Å². The van der Waals surface area contributed by atoms with E-state index in [2.05, 4.69) is 16.4 Å². The van der Waals surface area contributed by atoms with Gasteiger partial charge in [0.2, 0.25) is 0 Å². The molecule has 1 heterocycles. The molecule has 2 aromatic rings. The molecule has 0 bridgehead atoms. The van der Waals surface area contributed by atoms with Crippen LogP contribution in [0.5, 0.6) is 0 Å². The van der Waals surface area contributed by atoms with Gasteiger partial charge in [0.1, 0.15) is 5.69 Å². The van der Waals surface area contributed by atoms with Gasteiger partial charge in [0, 0.05) is 18.4 Å². The van der Waals surface area contributed by atoms with Crippen LogP contribution in [0, 0.1) is 11.3 Å². The zero-order valence-electron chi connectivity index (χ0n) is 10.00. The Morgan fingerprint density at radius 1 is 1.32 bits per heavy atom. The summed E-state index contributed by atoms with van der Waals surface area (Å²) in [7, 11) is 0. The molecule has 0 spiro atoms. The lowest BCUT2D eigenvalue weighted by Gasteiger charge is -2.06. The lowest BCUT2D eigenvalue weighted by atomic mass is 10.1. The zero-order valence-corrected chi connectivity index (χ0v) is 10.00. The minimum Gasteiger partial charge on any atom is -0.477 e. The first-order valence-corrected chi connectivity index (χ1v) is 5.61. The third kappa shape index (κ3) is 3.30. The lowest BCUT2D eigenvalue weighted by Crippen LogP contribution is -2.03. The van der Waals surface area contributed by atoms with Crippen molar-refractivity contribution in [2.45, 2.75) is 6.54 Å². The van der Waals surface area contributed by atoms with Crippen molar-refractivity contribution in [2.24, 2.45) is 0 Å². The van der Waals surface area contributed by atoms with Crippen LogP contribution in [0.1, 0.15) is 21.6 Å². The number of carbonyl (C=O) groups is 1. The number of nitrogens with one attached hydrogen (secondary N) is 1. The van der Waals surface area contributed by atoms with Gasteiger partial charge in [-0.25, -0.2) is 9.78 Å². The van der Waals surface area contributed by atoms with E-state index in [4.69, 9.17) is 10.4 Å². The lowest BCUT2D eigenvalue weighted by molar-refractivity contribution is 0.0690. The van der Waals surface area contributed by atoms with Crippen molar-refractivity contribution < 1.29 is 9.90 Å². The molecular formula is C14H11N3O2. The Labute approximate surface area is 110 Å². The van der Waals surface area contributed by atoms with E-state index < -0.39 is 5.97 Å². The average molecular weight is 253 g/mol. The Morgan fingerprint density at radius 2 is 2.05 bits per heavy atom. The standard InChI is InChI=1S/C14H11N3O2/c15-8-10-1-3-11(4-2-10)9-17-12-5-6-16-13(7-12)14(18)19/h1-7H,9H2,(H,16,17)(H,18,19). The van der Waals surface area contributed by atoms with Crippen LogP contribution in [0.25, 0.3) is 0 Å². The molecule has 0 atom stereocenters. The molecule has 2 N–H and O–H groups in total. The van der Waals surface area contributed by atoms with Crippen molar-refractivity contribution >= 4 is 11.7 Å². The maximum atomic E-state index is 10.8. The van der Waals surface area contributed by atoms with Crippen LogP contribution >= 0.6 is 0 Å². The number of anilines is 1. The number of pyridine rings is 1. The number of carboxylic acids is 1. The number of hydrogen-bond acceptors (Lipinski definition) is 4. The molecule has 2 rings (SSSR count). The average Bonchev–Trinajstić information content (AvgIpc) is 2.46. The highest BCUT2D eigenvalue weighted by Crippen LogP contribution is 2.11. The highest BCUT2D eigenvalue weighted by molar-refractivity contribution is 5.86. The van der Waals surface area contributed by atoms with E-state index in [9.17, 15) is 4.79 Å². The molecular weight excluding hydrogens is 242 g/mol. The molecule has 5 heteroatoms. The van der Waals surface area contributed by atoms with Gasteiger partial charge in [-0.1, -0.05) is 12.1 Å². The van der Waals surface area contributed by atoms with Gasteiger partial charge < -0.3 is 10.4 Å². The summed E-state index contributed by atoms with van der Waals surface area (Å²) in [6, 6.07) is 12.4. The summed E-state index contributed by atoms with van der Waals surface area (Å²) >= 11 is 0. The normalized spacial score (nSPS) is 9.63. The minimum atomic E-state index is -1.05. The molecule has 0 aliphatic carbocycles. The van der Waals surface area contributed by atoms with E-state index >= 15 is 0 Å². The molecule has 0 aliphatic heterocycles. The van der Waals surface area contributed by atoms with Crippen molar-refractivity contribution in [3.05, 3.63) is 59.4 Å². The SMILES string of the molecule is N#Cc1ccc(CNc2ccnc(C(=O)O)c2)cc1. The third-order valence-corrected chi connectivity index (χ3v) is 2.56. The number of aromatic carboxylic acids is 1. The minimum absolute atomic E-state index is 0.00447. The molecule has 0 saturated carbocycles. The molecule has 1 aromatic carbocycles. The van der Waals surface area contributed by atoms with Gasteiger partial charge in [0.05, 0.1) is 11.6 Å². The van der Waals surface area contributed by atoms with E-state index in [0.717, 1.165) is 5.56 Å². The third-order valence-electron chi connectivity index (χ3n) is 2.56. The van der Waals surface area contributed by atoms with Crippen LogP contribution in [-0.2, 0) is 6.54 Å². The van der Waals surface area contributed by atoms with Gasteiger partial charge in [-0.05, 0) is 29.8 Å². The fourth-order valence-electron chi connectivity index (χ4n) is 1.56. The number of nitriles is 1. The first-order chi connectivity index (χ1) is 9.19. The Hall–Kier alpha value is -2.87. The summed E-state index contributed by atoms with van der Waals surface area (Å²) in [6.07, 6.45) is 1.45. The molecule has 0 amide bonds. The zero-order chi connectivity index (χ0) is 13.7. The Bertz CT molecular complexity index is 630. The number of nitrogens with zero attached hydrogens (tertiary/aromatic N) is 2. The fourth-order valence-corrected chi connectivity index (χ4v) is 1.56. The van der Waals surface area contributed by atoms with Gasteiger partial charge in [-0.3, -0.25) is 0 Å². The van der Waals surface area contributed by atoms with Crippen molar-refractivity contribution in [2.75, 3.05) is 5.32 Å². The van der Waals surface area contributed by atoms with Crippen molar-refractivity contribution in [1.82, 2.24) is 4.98 Å². The summed E-state index contributed by atoms with van der Waals surface area (Å²) in [6.45, 7) is 0.550. The van der Waals surface area contributed by atoms with Crippen LogP contribution < -0.4 is 5.32 Å². The Balaban J connectivity index is 2.03. The maximum absolute atomic E-state index is 10.8. The van der Waals surface area contributed by atoms with Crippen LogP contribution in [0.2, 0.25) is 0 Å². The van der Waals surface area contributed by atoms with Crippen LogP contribution in [-0.4, -0.2) is 16.1 Å². The predicted molar refractivity (Wildman–Crippen MR) is 69.7 cm³/mol. The van der Waals surface area contributed by atoms with Gasteiger partial charge >= 0.3 is 5.97 Å². The fraction of sp³-hybridized carbons (Fsp3) is 0.0714. The molecule has 5 nitrogen and oxygen atoms in total. The topological polar surface area (TPSA) is 86.0 Å². The van der Waals surface area contributed by atoms with E-state index in [1.807, 2.05) is 12.1 Å². The molecule has 0 unspecified atom stereocenters. The highest BCUT2D eigenvalue weighted by Gasteiger charge is 2.04. The van der Waals surface area contributed by atoms with Gasteiger partial charge in [-0.15, -0.1) is 0 Å². The summed E-state index contributed by atoms with van der Waals surface area (Å²) in [5.74, 6) is -1.05. The Morgan fingerprint density at radius 3 is 2.68 bits per heavy atom. The molecule has 19 heavy (non-hydrogen) atoms. The highest BCUT2D eigenvalue weighted by atomic mass is 16.4. The van der Waals surface area contributed by atoms with Gasteiger partial charge in [0.15, 0.2) is 0 Å². The van der Waals surface area contributed by atoms with Crippen LogP contribution in [0.4, 0.5) is 5.69 Å². The number of aromatic nitrogens is 1. The summed E-state index contributed by atoms with van der Waals surface area (Å²) in [5, 5.41) is 20.6. The molecule has 1 aromatic heterocycles. The van der Waals surface area contributed by atoms with Crippen molar-refractivity contribution in [3.8, 4) is 6.07 Å². The summed E-state index contributed by atoms with van der Waals surface area (Å²) < 4.78 is 0. The number of rotatable bonds is 4. The van der Waals surface area contributed by atoms with E-state index in [1.54, 1.807) is 18.2 Å². The van der Waals surface area contributed by atoms with Crippen LogP contribution in [0.15, 0.2) is 42.6 Å². The second-order valence-electron chi connectivity index (χ2n) is 3.90. The maximum Gasteiger partial charge on any atom is 0.354 e. The smallest absolute Gasteiger partial charge is 0.354 e. The van der Waals surface area contributed by atoms with Gasteiger partial charge in [0.25, 0.3) is 0 Å². The van der Waals surface area contributed by atoms with E-state index in [1.165, 1.54) is 12.3 Å². The predicted octanol–water partition coefficient (Wildman–Crippen LogP) is 2.26. The van der Waals surface area contributed by atoms with Crippen LogP contribution in [0.3, 0.4) is 0 Å². The Kier molecular flexibility index (Phi) is 3.74. The monoisotopic (exact) mass is 253 g/mol. The van der Waals surface area contributed by atoms with Gasteiger partial charge in [-0.2, -0.15) is 5.26 Å². The number of benzene rings is 1.